The Hall–Kier alpha value is -2.46. The highest BCUT2D eigenvalue weighted by Gasteiger charge is 2.47. The van der Waals surface area contributed by atoms with Crippen LogP contribution in [0.1, 0.15) is 29.6 Å². The Balaban J connectivity index is 1.35. The van der Waals surface area contributed by atoms with Crippen LogP contribution in [0.3, 0.4) is 0 Å². The molecule has 2 N–H and O–H groups in total. The van der Waals surface area contributed by atoms with E-state index in [2.05, 4.69) is 9.97 Å². The lowest BCUT2D eigenvalue weighted by atomic mass is 10.2. The van der Waals surface area contributed by atoms with Crippen molar-refractivity contribution in [1.82, 2.24) is 20.3 Å². The summed E-state index contributed by atoms with van der Waals surface area (Å²) < 4.78 is 10.9. The summed E-state index contributed by atoms with van der Waals surface area (Å²) in [7, 11) is 0. The number of fused-ring (bicyclic) bond motifs is 2. The maximum Gasteiger partial charge on any atom is 0.410 e. The molecule has 3 fully saturated rings. The monoisotopic (exact) mass is 363 g/mol. The maximum absolute atomic E-state index is 12.4. The van der Waals surface area contributed by atoms with Gasteiger partial charge in [-0.1, -0.05) is 0 Å². The Kier molecular flexibility index (Phi) is 4.60. The predicted octanol–water partition coefficient (Wildman–Crippen LogP) is 0.174. The van der Waals surface area contributed by atoms with Gasteiger partial charge in [0, 0.05) is 38.3 Å². The number of aromatic nitrogens is 2. The zero-order chi connectivity index (χ0) is 18.1. The van der Waals surface area contributed by atoms with Crippen LogP contribution >= 0.6 is 0 Å². The van der Waals surface area contributed by atoms with Gasteiger partial charge in [0.15, 0.2) is 0 Å². The van der Waals surface area contributed by atoms with Crippen LogP contribution in [0.25, 0.3) is 0 Å². The van der Waals surface area contributed by atoms with Crippen LogP contribution in [0.2, 0.25) is 0 Å². The van der Waals surface area contributed by atoms with Crippen molar-refractivity contribution in [2.45, 2.75) is 37.5 Å². The number of amides is 2. The lowest BCUT2D eigenvalue weighted by Gasteiger charge is -2.34. The molecule has 2 amide bonds. The van der Waals surface area contributed by atoms with E-state index in [0.29, 0.717) is 32.3 Å². The van der Waals surface area contributed by atoms with E-state index >= 15 is 0 Å². The van der Waals surface area contributed by atoms with Crippen molar-refractivity contribution in [3.63, 3.8) is 0 Å². The van der Waals surface area contributed by atoms with Crippen LogP contribution in [-0.2, 0) is 9.47 Å². The molecule has 0 saturated carbocycles. The molecule has 4 heterocycles. The molecule has 10 heteroatoms. The lowest BCUT2D eigenvalue weighted by molar-refractivity contribution is -0.0118. The van der Waals surface area contributed by atoms with E-state index < -0.39 is 5.91 Å². The number of nitrogens with zero attached hydrogens (tertiary/aromatic N) is 4. The molecule has 0 aromatic carbocycles. The molecule has 0 spiro atoms. The minimum atomic E-state index is -0.651. The minimum absolute atomic E-state index is 0.0555. The zero-order valence-corrected chi connectivity index (χ0v) is 14.2. The van der Waals surface area contributed by atoms with Gasteiger partial charge < -0.3 is 19.3 Å². The number of carbonyl (C=O) groups is 2. The van der Waals surface area contributed by atoms with Crippen LogP contribution in [-0.4, -0.2) is 76.6 Å². The molecule has 1 aromatic heterocycles. The van der Waals surface area contributed by atoms with Gasteiger partial charge in [-0.15, -0.1) is 0 Å². The summed E-state index contributed by atoms with van der Waals surface area (Å²) in [5, 5.41) is 8.63. The number of piperazine rings is 1. The van der Waals surface area contributed by atoms with Gasteiger partial charge in [-0.05, 0) is 6.42 Å². The van der Waals surface area contributed by atoms with E-state index in [0.717, 1.165) is 19.3 Å². The molecule has 2 atom stereocenters. The average Bonchev–Trinajstić information content (AvgIpc) is 3.29. The molecule has 0 radical (unpaired) electrons. The Labute approximate surface area is 150 Å². The van der Waals surface area contributed by atoms with Crippen molar-refractivity contribution in [2.75, 3.05) is 31.2 Å². The van der Waals surface area contributed by atoms with Gasteiger partial charge in [-0.2, -0.15) is 0 Å². The molecule has 3 aliphatic heterocycles. The van der Waals surface area contributed by atoms with Gasteiger partial charge in [0.2, 0.25) is 5.95 Å². The molecular weight excluding hydrogens is 342 g/mol. The number of anilines is 1. The highest BCUT2D eigenvalue weighted by atomic mass is 16.6. The smallest absolute Gasteiger partial charge is 0.410 e. The number of hydrogen-bond donors (Lipinski definition) is 2. The Bertz CT molecular complexity index is 678. The third-order valence-electron chi connectivity index (χ3n) is 5.17. The van der Waals surface area contributed by atoms with Crippen molar-refractivity contribution in [2.24, 2.45) is 0 Å². The first kappa shape index (κ1) is 17.0. The number of hydroxylamine groups is 1. The molecule has 4 rings (SSSR count). The third kappa shape index (κ3) is 3.17. The highest BCUT2D eigenvalue weighted by Crippen LogP contribution is 2.33. The van der Waals surface area contributed by atoms with Crippen molar-refractivity contribution >= 4 is 17.9 Å². The Morgan fingerprint density at radius 2 is 1.92 bits per heavy atom. The van der Waals surface area contributed by atoms with Gasteiger partial charge >= 0.3 is 6.09 Å². The summed E-state index contributed by atoms with van der Waals surface area (Å²) in [5.74, 6) is -0.133. The first-order valence-electron chi connectivity index (χ1n) is 8.74. The molecule has 140 valence electrons. The van der Waals surface area contributed by atoms with Gasteiger partial charge in [0.05, 0.1) is 30.9 Å². The summed E-state index contributed by atoms with van der Waals surface area (Å²) in [4.78, 5) is 36.0. The second-order valence-corrected chi connectivity index (χ2v) is 6.76. The van der Waals surface area contributed by atoms with E-state index in [1.54, 1.807) is 10.4 Å². The largest absolute Gasteiger partial charge is 0.446 e. The first-order chi connectivity index (χ1) is 12.7. The number of ether oxygens (including phenoxy) is 2. The molecule has 1 aromatic rings. The fourth-order valence-electron chi connectivity index (χ4n) is 3.79. The lowest BCUT2D eigenvalue weighted by Crippen LogP contribution is -2.50. The molecule has 3 saturated heterocycles. The van der Waals surface area contributed by atoms with Gasteiger partial charge in [0.1, 0.15) is 6.10 Å². The van der Waals surface area contributed by atoms with Crippen molar-refractivity contribution < 1.29 is 24.3 Å². The fourth-order valence-corrected chi connectivity index (χ4v) is 3.79. The predicted molar refractivity (Wildman–Crippen MR) is 87.9 cm³/mol. The number of likely N-dealkylation sites (tertiary alicyclic amines) is 1. The maximum atomic E-state index is 12.4. The van der Waals surface area contributed by atoms with E-state index in [9.17, 15) is 9.59 Å². The normalized spacial score (nSPS) is 25.4. The van der Waals surface area contributed by atoms with Crippen molar-refractivity contribution in [1.29, 1.82) is 0 Å². The Morgan fingerprint density at radius 3 is 2.54 bits per heavy atom. The van der Waals surface area contributed by atoms with Crippen LogP contribution in [0.4, 0.5) is 10.7 Å². The van der Waals surface area contributed by atoms with Gasteiger partial charge in [-0.25, -0.2) is 20.2 Å². The van der Waals surface area contributed by atoms with Crippen molar-refractivity contribution in [3.8, 4) is 0 Å². The molecular formula is C16H21N5O5. The zero-order valence-electron chi connectivity index (χ0n) is 14.2. The minimum Gasteiger partial charge on any atom is -0.446 e. The van der Waals surface area contributed by atoms with E-state index in [1.165, 1.54) is 12.4 Å². The quantitative estimate of drug-likeness (QED) is 0.577. The molecule has 10 nitrogen and oxygen atoms in total. The van der Waals surface area contributed by atoms with Crippen LogP contribution in [0, 0.1) is 0 Å². The second-order valence-electron chi connectivity index (χ2n) is 6.76. The second kappa shape index (κ2) is 7.04. The number of hydrogen-bond acceptors (Lipinski definition) is 8. The van der Waals surface area contributed by atoms with Gasteiger partial charge in [0.25, 0.3) is 5.91 Å². The summed E-state index contributed by atoms with van der Waals surface area (Å²) in [6.07, 6.45) is 4.79. The highest BCUT2D eigenvalue weighted by molar-refractivity contribution is 5.92. The summed E-state index contributed by atoms with van der Waals surface area (Å²) in [5.41, 5.74) is 1.73. The topological polar surface area (TPSA) is 117 Å². The number of nitrogens with one attached hydrogen (secondary N) is 1. The molecule has 0 unspecified atom stereocenters. The molecule has 0 aliphatic carbocycles. The molecule has 3 aliphatic rings. The average molecular weight is 363 g/mol. The summed E-state index contributed by atoms with van der Waals surface area (Å²) in [6, 6.07) is 0.219. The fraction of sp³-hybridized carbons (Fsp3) is 0.625. The van der Waals surface area contributed by atoms with Crippen LogP contribution in [0.5, 0.6) is 0 Å². The standard InChI is InChI=1S/C16H21N5O5/c22-14(19-24)10-6-17-15(18-7-10)20-8-12-5-11(20)9-21(12)16(23)26-13-1-3-25-4-2-13/h6-7,11-13,24H,1-5,8-9H2,(H,19,22)/t11-,12+/m0/s1. The van der Waals surface area contributed by atoms with Gasteiger partial charge in [-0.3, -0.25) is 10.0 Å². The molecule has 26 heavy (non-hydrogen) atoms. The van der Waals surface area contributed by atoms with Crippen LogP contribution in [0.15, 0.2) is 12.4 Å². The SMILES string of the molecule is O=C(NO)c1cnc(N2C[C@H]3C[C@H]2CN3C(=O)OC2CCOCC2)nc1. The summed E-state index contributed by atoms with van der Waals surface area (Å²) >= 11 is 0. The number of carbonyl (C=O) groups excluding carboxylic acids is 2. The summed E-state index contributed by atoms with van der Waals surface area (Å²) in [6.45, 7) is 2.49. The van der Waals surface area contributed by atoms with Crippen LogP contribution < -0.4 is 10.4 Å². The third-order valence-corrected chi connectivity index (χ3v) is 5.17. The molecule has 2 bridgehead atoms. The van der Waals surface area contributed by atoms with E-state index in [1.807, 2.05) is 4.90 Å². The van der Waals surface area contributed by atoms with E-state index in [4.69, 9.17) is 14.7 Å². The van der Waals surface area contributed by atoms with E-state index in [-0.39, 0.29) is 29.8 Å². The van der Waals surface area contributed by atoms with Crippen molar-refractivity contribution in [3.05, 3.63) is 18.0 Å². The Morgan fingerprint density at radius 1 is 1.19 bits per heavy atom. The number of rotatable bonds is 3. The first-order valence-corrected chi connectivity index (χ1v) is 8.74.